The molecule has 0 spiro atoms. The van der Waals surface area contributed by atoms with E-state index in [9.17, 15) is 8.78 Å². The number of rotatable bonds is 6. The fraction of sp³-hybridized carbons (Fsp3) is 0.235. The lowest BCUT2D eigenvalue weighted by Gasteiger charge is -2.11. The standard InChI is InChI=1S/C17H18F2N2OS/c1-22-14-7-4-12(5-8-14)3-2-10-20-17(23)21-13-6-9-15(18)16(19)11-13/h4-9,11H,2-3,10H2,1H3,(H2,20,21,23). The Bertz CT molecular complexity index is 662. The summed E-state index contributed by atoms with van der Waals surface area (Å²) in [6.45, 7) is 0.682. The van der Waals surface area contributed by atoms with Crippen molar-refractivity contribution in [3.8, 4) is 5.75 Å². The Morgan fingerprint density at radius 3 is 2.48 bits per heavy atom. The largest absolute Gasteiger partial charge is 0.497 e. The maximum absolute atomic E-state index is 13.1. The second kappa shape index (κ2) is 8.43. The second-order valence-electron chi connectivity index (χ2n) is 4.96. The van der Waals surface area contributed by atoms with Crippen molar-refractivity contribution in [2.45, 2.75) is 12.8 Å². The van der Waals surface area contributed by atoms with Crippen LogP contribution in [0.4, 0.5) is 14.5 Å². The quantitative estimate of drug-likeness (QED) is 0.619. The fourth-order valence-electron chi connectivity index (χ4n) is 2.04. The van der Waals surface area contributed by atoms with Crippen LogP contribution in [0.25, 0.3) is 0 Å². The highest BCUT2D eigenvalue weighted by Gasteiger charge is 2.03. The maximum atomic E-state index is 13.1. The molecule has 23 heavy (non-hydrogen) atoms. The van der Waals surface area contributed by atoms with Gasteiger partial charge in [-0.15, -0.1) is 0 Å². The number of ether oxygens (including phenoxy) is 1. The lowest BCUT2D eigenvalue weighted by Crippen LogP contribution is -2.29. The molecule has 0 unspecified atom stereocenters. The third-order valence-electron chi connectivity index (χ3n) is 3.26. The summed E-state index contributed by atoms with van der Waals surface area (Å²) in [5.74, 6) is -0.949. The van der Waals surface area contributed by atoms with Crippen LogP contribution in [0.3, 0.4) is 0 Å². The average Bonchev–Trinajstić information content (AvgIpc) is 2.55. The first-order valence-corrected chi connectivity index (χ1v) is 7.62. The predicted molar refractivity (Wildman–Crippen MR) is 91.9 cm³/mol. The monoisotopic (exact) mass is 336 g/mol. The molecule has 0 aliphatic carbocycles. The summed E-state index contributed by atoms with van der Waals surface area (Å²) in [7, 11) is 1.64. The van der Waals surface area contributed by atoms with Gasteiger partial charge < -0.3 is 15.4 Å². The van der Waals surface area contributed by atoms with E-state index in [4.69, 9.17) is 17.0 Å². The first kappa shape index (κ1) is 17.1. The van der Waals surface area contributed by atoms with Gasteiger partial charge >= 0.3 is 0 Å². The van der Waals surface area contributed by atoms with Crippen LogP contribution in [0.15, 0.2) is 42.5 Å². The number of aryl methyl sites for hydroxylation is 1. The van der Waals surface area contributed by atoms with Gasteiger partial charge in [0.25, 0.3) is 0 Å². The molecule has 2 N–H and O–H groups in total. The molecule has 6 heteroatoms. The lowest BCUT2D eigenvalue weighted by atomic mass is 10.1. The fourth-order valence-corrected chi connectivity index (χ4v) is 2.26. The van der Waals surface area contributed by atoms with Gasteiger partial charge in [-0.1, -0.05) is 12.1 Å². The van der Waals surface area contributed by atoms with E-state index in [-0.39, 0.29) is 0 Å². The second-order valence-corrected chi connectivity index (χ2v) is 5.37. The molecule has 2 aromatic carbocycles. The zero-order valence-corrected chi connectivity index (χ0v) is 13.6. The smallest absolute Gasteiger partial charge is 0.170 e. The maximum Gasteiger partial charge on any atom is 0.170 e. The predicted octanol–water partition coefficient (Wildman–Crippen LogP) is 3.89. The molecule has 0 saturated heterocycles. The summed E-state index contributed by atoms with van der Waals surface area (Å²) in [6, 6.07) is 11.5. The van der Waals surface area contributed by atoms with E-state index in [2.05, 4.69) is 10.6 Å². The van der Waals surface area contributed by atoms with Gasteiger partial charge in [0.1, 0.15) is 5.75 Å². The molecule has 0 amide bonds. The molecule has 0 bridgehead atoms. The van der Waals surface area contributed by atoms with Crippen LogP contribution in [-0.2, 0) is 6.42 Å². The van der Waals surface area contributed by atoms with Gasteiger partial charge in [0.05, 0.1) is 7.11 Å². The van der Waals surface area contributed by atoms with Gasteiger partial charge in [0.2, 0.25) is 0 Å². The molecule has 3 nitrogen and oxygen atoms in total. The van der Waals surface area contributed by atoms with E-state index in [1.54, 1.807) is 7.11 Å². The van der Waals surface area contributed by atoms with E-state index in [0.29, 0.717) is 17.3 Å². The van der Waals surface area contributed by atoms with Crippen molar-refractivity contribution in [1.29, 1.82) is 0 Å². The molecule has 0 aliphatic heterocycles. The first-order valence-electron chi connectivity index (χ1n) is 7.21. The summed E-state index contributed by atoms with van der Waals surface area (Å²) >= 11 is 5.12. The number of benzene rings is 2. The van der Waals surface area contributed by atoms with Crippen molar-refractivity contribution in [2.75, 3.05) is 19.0 Å². The van der Waals surface area contributed by atoms with Crippen LogP contribution >= 0.6 is 12.2 Å². The number of nitrogens with one attached hydrogen (secondary N) is 2. The van der Waals surface area contributed by atoms with Crippen LogP contribution in [0.5, 0.6) is 5.75 Å². The summed E-state index contributed by atoms with van der Waals surface area (Å²) in [6.07, 6.45) is 1.80. The van der Waals surface area contributed by atoms with Gasteiger partial charge in [-0.3, -0.25) is 0 Å². The lowest BCUT2D eigenvalue weighted by molar-refractivity contribution is 0.414. The normalized spacial score (nSPS) is 10.2. The summed E-state index contributed by atoms with van der Waals surface area (Å²) < 4.78 is 31.0. The first-order chi connectivity index (χ1) is 11.1. The number of methoxy groups -OCH3 is 1. The molecule has 0 saturated carbocycles. The van der Waals surface area contributed by atoms with E-state index in [0.717, 1.165) is 30.7 Å². The van der Waals surface area contributed by atoms with Gasteiger partial charge in [-0.05, 0) is 54.9 Å². The zero-order chi connectivity index (χ0) is 16.7. The Morgan fingerprint density at radius 1 is 1.09 bits per heavy atom. The molecule has 0 aromatic heterocycles. The van der Waals surface area contributed by atoms with Crippen molar-refractivity contribution in [3.63, 3.8) is 0 Å². The van der Waals surface area contributed by atoms with Gasteiger partial charge in [-0.2, -0.15) is 0 Å². The van der Waals surface area contributed by atoms with Crippen molar-refractivity contribution < 1.29 is 13.5 Å². The molecular formula is C17H18F2N2OS. The van der Waals surface area contributed by atoms with E-state index >= 15 is 0 Å². The Morgan fingerprint density at radius 2 is 1.83 bits per heavy atom. The number of thiocarbonyl (C=S) groups is 1. The Labute approximate surface area is 139 Å². The molecule has 122 valence electrons. The molecule has 2 rings (SSSR count). The van der Waals surface area contributed by atoms with Crippen molar-refractivity contribution in [3.05, 3.63) is 59.7 Å². The highest BCUT2D eigenvalue weighted by Crippen LogP contribution is 2.13. The van der Waals surface area contributed by atoms with E-state index in [1.165, 1.54) is 11.6 Å². The van der Waals surface area contributed by atoms with Crippen LogP contribution < -0.4 is 15.4 Å². The van der Waals surface area contributed by atoms with Crippen LogP contribution in [0, 0.1) is 11.6 Å². The summed E-state index contributed by atoms with van der Waals surface area (Å²) in [5.41, 5.74) is 1.63. The number of halogens is 2. The van der Waals surface area contributed by atoms with Crippen molar-refractivity contribution in [2.24, 2.45) is 0 Å². The molecule has 0 atom stereocenters. The Balaban J connectivity index is 1.70. The number of hydrogen-bond donors (Lipinski definition) is 2. The van der Waals surface area contributed by atoms with E-state index < -0.39 is 11.6 Å². The van der Waals surface area contributed by atoms with Gasteiger partial charge in [0.15, 0.2) is 16.7 Å². The highest BCUT2D eigenvalue weighted by atomic mass is 32.1. The number of hydrogen-bond acceptors (Lipinski definition) is 2. The Kier molecular flexibility index (Phi) is 6.29. The van der Waals surface area contributed by atoms with Crippen LogP contribution in [0.2, 0.25) is 0 Å². The van der Waals surface area contributed by atoms with Crippen LogP contribution in [-0.4, -0.2) is 18.8 Å². The van der Waals surface area contributed by atoms with Gasteiger partial charge in [0, 0.05) is 18.3 Å². The molecule has 0 heterocycles. The number of anilines is 1. The highest BCUT2D eigenvalue weighted by molar-refractivity contribution is 7.80. The molecule has 0 fully saturated rings. The molecule has 2 aromatic rings. The third kappa shape index (κ3) is 5.49. The summed E-state index contributed by atoms with van der Waals surface area (Å²) in [5, 5.41) is 6.24. The van der Waals surface area contributed by atoms with Crippen molar-refractivity contribution in [1.82, 2.24) is 5.32 Å². The topological polar surface area (TPSA) is 33.3 Å². The van der Waals surface area contributed by atoms with Crippen molar-refractivity contribution >= 4 is 23.0 Å². The minimum atomic E-state index is -0.905. The minimum absolute atomic E-state index is 0.380. The Hall–Kier alpha value is -2.21. The third-order valence-corrected chi connectivity index (χ3v) is 3.51. The van der Waals surface area contributed by atoms with E-state index in [1.807, 2.05) is 24.3 Å². The molecular weight excluding hydrogens is 318 g/mol. The average molecular weight is 336 g/mol. The van der Waals surface area contributed by atoms with Gasteiger partial charge in [-0.25, -0.2) is 8.78 Å². The molecule has 0 radical (unpaired) electrons. The molecule has 0 aliphatic rings. The van der Waals surface area contributed by atoms with Crippen LogP contribution in [0.1, 0.15) is 12.0 Å². The zero-order valence-electron chi connectivity index (χ0n) is 12.7. The SMILES string of the molecule is COc1ccc(CCCNC(=S)Nc2ccc(F)c(F)c2)cc1. The summed E-state index contributed by atoms with van der Waals surface area (Å²) in [4.78, 5) is 0. The minimum Gasteiger partial charge on any atom is -0.497 e.